The van der Waals surface area contributed by atoms with E-state index in [0.717, 1.165) is 16.5 Å². The Morgan fingerprint density at radius 2 is 1.91 bits per heavy atom. The van der Waals surface area contributed by atoms with Gasteiger partial charge in [-0.1, -0.05) is 30.3 Å². The maximum atomic E-state index is 12.5. The smallest absolute Gasteiger partial charge is 0.0976 e. The molecule has 1 aromatic heterocycles. The van der Waals surface area contributed by atoms with Gasteiger partial charge < -0.3 is 0 Å². The summed E-state index contributed by atoms with van der Waals surface area (Å²) >= 11 is 3.46. The lowest BCUT2D eigenvalue weighted by molar-refractivity contribution is 0.595. The Hall–Kier alpha value is -1.04. The number of hydrogen-bond acceptors (Lipinski definition) is 2. The quantitative estimate of drug-likeness (QED) is 0.844. The minimum Gasteiger partial charge on any atom is -0.263 e. The van der Waals surface area contributed by atoms with Gasteiger partial charge in [0.15, 0.2) is 0 Å². The van der Waals surface area contributed by atoms with Crippen molar-refractivity contribution in [2.24, 2.45) is 0 Å². The minimum atomic E-state index is -1.14. The van der Waals surface area contributed by atoms with Crippen LogP contribution in [0.5, 0.6) is 0 Å². The SMILES string of the molecule is CC(C)(C)[S@](=O)N[C@@H](Cc1ccccc1)c1cncc(Br)c1. The molecule has 5 heteroatoms. The van der Waals surface area contributed by atoms with E-state index in [1.807, 2.05) is 51.2 Å². The standard InChI is InChI=1S/C17H21BrN2OS/c1-17(2,3)22(21)20-16(9-13-7-5-4-6-8-13)14-10-15(18)12-19-11-14/h4-8,10-12,16,20H,9H2,1-3H3/t16-,22-/m0/s1. The van der Waals surface area contributed by atoms with Gasteiger partial charge in [0, 0.05) is 22.9 Å². The molecule has 118 valence electrons. The van der Waals surface area contributed by atoms with Gasteiger partial charge in [0.2, 0.25) is 0 Å². The van der Waals surface area contributed by atoms with Crippen molar-refractivity contribution in [3.05, 3.63) is 64.4 Å². The highest BCUT2D eigenvalue weighted by Crippen LogP contribution is 2.23. The molecule has 0 spiro atoms. The van der Waals surface area contributed by atoms with Crippen molar-refractivity contribution >= 4 is 26.9 Å². The summed E-state index contributed by atoms with van der Waals surface area (Å²) < 4.78 is 16.4. The molecule has 0 aliphatic carbocycles. The highest BCUT2D eigenvalue weighted by atomic mass is 79.9. The van der Waals surface area contributed by atoms with Crippen LogP contribution in [0.4, 0.5) is 0 Å². The molecule has 1 N–H and O–H groups in total. The van der Waals surface area contributed by atoms with Crippen molar-refractivity contribution < 1.29 is 4.21 Å². The van der Waals surface area contributed by atoms with E-state index in [1.54, 1.807) is 6.20 Å². The van der Waals surface area contributed by atoms with Gasteiger partial charge in [-0.2, -0.15) is 0 Å². The van der Waals surface area contributed by atoms with E-state index in [4.69, 9.17) is 0 Å². The zero-order valence-corrected chi connectivity index (χ0v) is 15.4. The summed E-state index contributed by atoms with van der Waals surface area (Å²) in [4.78, 5) is 4.23. The lowest BCUT2D eigenvalue weighted by Gasteiger charge is -2.24. The molecule has 3 nitrogen and oxygen atoms in total. The molecule has 0 amide bonds. The molecule has 0 aliphatic rings. The topological polar surface area (TPSA) is 42.0 Å². The molecule has 22 heavy (non-hydrogen) atoms. The van der Waals surface area contributed by atoms with Crippen LogP contribution in [0.25, 0.3) is 0 Å². The average molecular weight is 381 g/mol. The Morgan fingerprint density at radius 3 is 2.50 bits per heavy atom. The number of pyridine rings is 1. The van der Waals surface area contributed by atoms with Crippen LogP contribution in [0, 0.1) is 0 Å². The first-order chi connectivity index (χ1) is 10.4. The fourth-order valence-corrected chi connectivity index (χ4v) is 3.22. The molecular formula is C17H21BrN2OS. The number of nitrogens with one attached hydrogen (secondary N) is 1. The second-order valence-electron chi connectivity index (χ2n) is 6.18. The van der Waals surface area contributed by atoms with Gasteiger partial charge in [0.1, 0.15) is 0 Å². The van der Waals surface area contributed by atoms with Crippen LogP contribution in [0.3, 0.4) is 0 Å². The highest BCUT2D eigenvalue weighted by molar-refractivity contribution is 9.10. The van der Waals surface area contributed by atoms with Gasteiger partial charge in [-0.25, -0.2) is 8.93 Å². The Kier molecular flexibility index (Phi) is 5.89. The minimum absolute atomic E-state index is 0.0486. The second kappa shape index (κ2) is 7.49. The lowest BCUT2D eigenvalue weighted by Crippen LogP contribution is -2.36. The summed E-state index contributed by atoms with van der Waals surface area (Å²) in [6.45, 7) is 5.90. The Balaban J connectivity index is 2.26. The van der Waals surface area contributed by atoms with Gasteiger partial charge in [-0.05, 0) is 60.3 Å². The maximum Gasteiger partial charge on any atom is 0.0976 e. The molecule has 2 rings (SSSR count). The summed E-state index contributed by atoms with van der Waals surface area (Å²) in [6.07, 6.45) is 4.34. The molecule has 2 aromatic rings. The summed E-state index contributed by atoms with van der Waals surface area (Å²) in [7, 11) is -1.14. The van der Waals surface area contributed by atoms with Crippen LogP contribution in [-0.2, 0) is 17.4 Å². The predicted molar refractivity (Wildman–Crippen MR) is 95.9 cm³/mol. The normalized spacial score (nSPS) is 14.5. The first-order valence-corrected chi connectivity index (χ1v) is 9.13. The zero-order chi connectivity index (χ0) is 16.2. The van der Waals surface area contributed by atoms with Crippen LogP contribution in [-0.4, -0.2) is 13.9 Å². The molecule has 0 radical (unpaired) electrons. The number of aromatic nitrogens is 1. The highest BCUT2D eigenvalue weighted by Gasteiger charge is 2.24. The molecule has 0 fully saturated rings. The Morgan fingerprint density at radius 1 is 1.23 bits per heavy atom. The van der Waals surface area contributed by atoms with Gasteiger partial charge >= 0.3 is 0 Å². The Labute approximate surface area is 143 Å². The molecule has 0 aliphatic heterocycles. The van der Waals surface area contributed by atoms with E-state index in [-0.39, 0.29) is 10.8 Å². The van der Waals surface area contributed by atoms with Crippen LogP contribution < -0.4 is 4.72 Å². The van der Waals surface area contributed by atoms with Gasteiger partial charge in [-0.15, -0.1) is 0 Å². The van der Waals surface area contributed by atoms with E-state index in [2.05, 4.69) is 37.8 Å². The van der Waals surface area contributed by atoms with E-state index in [0.29, 0.717) is 0 Å². The molecule has 0 bridgehead atoms. The molecular weight excluding hydrogens is 360 g/mol. The molecule has 0 unspecified atom stereocenters. The third-order valence-electron chi connectivity index (χ3n) is 3.22. The van der Waals surface area contributed by atoms with Crippen molar-refractivity contribution in [2.75, 3.05) is 0 Å². The number of halogens is 1. The van der Waals surface area contributed by atoms with Crippen LogP contribution in [0.1, 0.15) is 37.9 Å². The molecule has 1 aromatic carbocycles. The van der Waals surface area contributed by atoms with Crippen LogP contribution in [0.2, 0.25) is 0 Å². The number of rotatable bonds is 5. The van der Waals surface area contributed by atoms with Crippen molar-refractivity contribution in [2.45, 2.75) is 38.0 Å². The molecule has 2 atom stereocenters. The van der Waals surface area contributed by atoms with Crippen LogP contribution in [0.15, 0.2) is 53.3 Å². The molecule has 0 saturated heterocycles. The Bertz CT molecular complexity index is 641. The average Bonchev–Trinajstić information content (AvgIpc) is 2.46. The maximum absolute atomic E-state index is 12.5. The summed E-state index contributed by atoms with van der Waals surface area (Å²) in [6, 6.07) is 12.2. The zero-order valence-electron chi connectivity index (χ0n) is 13.0. The second-order valence-corrected chi connectivity index (χ2v) is 9.09. The van der Waals surface area contributed by atoms with Crippen molar-refractivity contribution in [3.8, 4) is 0 Å². The van der Waals surface area contributed by atoms with E-state index in [9.17, 15) is 4.21 Å². The summed E-state index contributed by atoms with van der Waals surface area (Å²) in [5.41, 5.74) is 2.22. The first kappa shape index (κ1) is 17.3. The fourth-order valence-electron chi connectivity index (χ4n) is 2.00. The van der Waals surface area contributed by atoms with Crippen molar-refractivity contribution in [1.29, 1.82) is 0 Å². The summed E-state index contributed by atoms with van der Waals surface area (Å²) in [5.74, 6) is 0. The lowest BCUT2D eigenvalue weighted by atomic mass is 10.0. The monoisotopic (exact) mass is 380 g/mol. The number of nitrogens with zero attached hydrogens (tertiary/aromatic N) is 1. The number of benzene rings is 1. The van der Waals surface area contributed by atoms with Crippen molar-refractivity contribution in [3.63, 3.8) is 0 Å². The molecule has 1 heterocycles. The van der Waals surface area contributed by atoms with E-state index in [1.165, 1.54) is 5.56 Å². The van der Waals surface area contributed by atoms with Gasteiger partial charge in [0.05, 0.1) is 15.7 Å². The van der Waals surface area contributed by atoms with Gasteiger partial charge in [0.25, 0.3) is 0 Å². The summed E-state index contributed by atoms with van der Waals surface area (Å²) in [5, 5.41) is 0. The van der Waals surface area contributed by atoms with Crippen molar-refractivity contribution in [1.82, 2.24) is 9.71 Å². The largest absolute Gasteiger partial charge is 0.263 e. The fraction of sp³-hybridized carbons (Fsp3) is 0.353. The number of hydrogen-bond donors (Lipinski definition) is 1. The van der Waals surface area contributed by atoms with E-state index >= 15 is 0 Å². The predicted octanol–water partition coefficient (Wildman–Crippen LogP) is 4.18. The first-order valence-electron chi connectivity index (χ1n) is 7.18. The third-order valence-corrected chi connectivity index (χ3v) is 5.26. The van der Waals surface area contributed by atoms with Gasteiger partial charge in [-0.3, -0.25) is 4.98 Å². The van der Waals surface area contributed by atoms with Crippen LogP contribution >= 0.6 is 15.9 Å². The van der Waals surface area contributed by atoms with E-state index < -0.39 is 11.0 Å². The molecule has 0 saturated carbocycles. The third kappa shape index (κ3) is 5.00.